The minimum Gasteiger partial charge on any atom is -0.362 e. The summed E-state index contributed by atoms with van der Waals surface area (Å²) in [5.41, 5.74) is 4.32. The molecule has 1 atom stereocenters. The molecule has 5 rings (SSSR count). The van der Waals surface area contributed by atoms with E-state index in [9.17, 15) is 4.79 Å². The van der Waals surface area contributed by atoms with Crippen LogP contribution in [0.5, 0.6) is 0 Å². The van der Waals surface area contributed by atoms with Gasteiger partial charge in [-0.25, -0.2) is 9.97 Å². The number of aryl methyl sites for hydroxylation is 2. The van der Waals surface area contributed by atoms with E-state index in [1.807, 2.05) is 75.6 Å². The van der Waals surface area contributed by atoms with Crippen LogP contribution < -0.4 is 10.9 Å². The van der Waals surface area contributed by atoms with Crippen molar-refractivity contribution in [3.63, 3.8) is 0 Å². The van der Waals surface area contributed by atoms with Crippen molar-refractivity contribution in [3.8, 4) is 16.8 Å². The fourth-order valence-corrected chi connectivity index (χ4v) is 4.17. The summed E-state index contributed by atoms with van der Waals surface area (Å²) >= 11 is 0. The lowest BCUT2D eigenvalue weighted by atomic mass is 9.99. The van der Waals surface area contributed by atoms with E-state index in [1.165, 1.54) is 6.33 Å². The van der Waals surface area contributed by atoms with Crippen molar-refractivity contribution < 1.29 is 0 Å². The second-order valence-electron chi connectivity index (χ2n) is 8.14. The van der Waals surface area contributed by atoms with E-state index < -0.39 is 0 Å². The van der Waals surface area contributed by atoms with Crippen LogP contribution in [0.25, 0.3) is 27.6 Å². The Balaban J connectivity index is 1.76. The molecule has 33 heavy (non-hydrogen) atoms. The number of anilines is 1. The first-order valence-electron chi connectivity index (χ1n) is 10.8. The second kappa shape index (κ2) is 8.35. The Hall–Kier alpha value is -4.26. The van der Waals surface area contributed by atoms with Gasteiger partial charge >= 0.3 is 0 Å². The molecule has 2 aromatic carbocycles. The molecule has 0 amide bonds. The summed E-state index contributed by atoms with van der Waals surface area (Å²) in [5.74, 6) is 0.744. The highest BCUT2D eigenvalue weighted by Crippen LogP contribution is 2.30. The van der Waals surface area contributed by atoms with Crippen molar-refractivity contribution in [3.05, 3.63) is 101 Å². The van der Waals surface area contributed by atoms with Crippen molar-refractivity contribution >= 4 is 16.6 Å². The molecule has 3 aromatic heterocycles. The van der Waals surface area contributed by atoms with Crippen molar-refractivity contribution in [1.29, 1.82) is 0 Å². The molecule has 0 spiro atoms. The third-order valence-corrected chi connectivity index (χ3v) is 5.80. The van der Waals surface area contributed by atoms with Crippen LogP contribution in [0.2, 0.25) is 0 Å². The quantitative estimate of drug-likeness (QED) is 0.433. The Morgan fingerprint density at radius 1 is 1.03 bits per heavy atom. The van der Waals surface area contributed by atoms with E-state index in [-0.39, 0.29) is 11.6 Å². The monoisotopic (exact) mass is 436 g/mol. The molecule has 0 bridgehead atoms. The summed E-state index contributed by atoms with van der Waals surface area (Å²) in [4.78, 5) is 22.5. The average molecular weight is 437 g/mol. The molecule has 0 aliphatic rings. The molecular weight excluding hydrogens is 412 g/mol. The Morgan fingerprint density at radius 2 is 1.85 bits per heavy atom. The van der Waals surface area contributed by atoms with Gasteiger partial charge in [-0.15, -0.1) is 0 Å². The summed E-state index contributed by atoms with van der Waals surface area (Å²) in [6.45, 7) is 3.99. The van der Waals surface area contributed by atoms with Gasteiger partial charge in [0.2, 0.25) is 0 Å². The van der Waals surface area contributed by atoms with E-state index >= 15 is 0 Å². The lowest BCUT2D eigenvalue weighted by Crippen LogP contribution is -2.26. The van der Waals surface area contributed by atoms with E-state index in [4.69, 9.17) is 0 Å². The molecule has 0 aliphatic carbocycles. The molecule has 5 aromatic rings. The van der Waals surface area contributed by atoms with Gasteiger partial charge in [0, 0.05) is 41.9 Å². The standard InChI is InChI=1S/C26H24N6O/c1-17-13-27-16-28-25(17)30-18(2)23-12-19-8-7-11-22(20-14-29-31(3)15-20)24(19)26(33)32(23)21-9-5-4-6-10-21/h4-16,18H,1-3H3,(H,27,28,30). The van der Waals surface area contributed by atoms with Crippen LogP contribution in [0.3, 0.4) is 0 Å². The van der Waals surface area contributed by atoms with E-state index in [0.29, 0.717) is 5.39 Å². The summed E-state index contributed by atoms with van der Waals surface area (Å²) in [6.07, 6.45) is 7.01. The topological polar surface area (TPSA) is 77.6 Å². The summed E-state index contributed by atoms with van der Waals surface area (Å²) < 4.78 is 3.53. The number of hydrogen-bond acceptors (Lipinski definition) is 5. The first-order valence-corrected chi connectivity index (χ1v) is 10.8. The third-order valence-electron chi connectivity index (χ3n) is 5.80. The molecule has 7 nitrogen and oxygen atoms in total. The van der Waals surface area contributed by atoms with E-state index in [0.717, 1.165) is 39.3 Å². The van der Waals surface area contributed by atoms with Crippen LogP contribution in [-0.2, 0) is 7.05 Å². The van der Waals surface area contributed by atoms with Crippen LogP contribution in [0.15, 0.2) is 84.3 Å². The first kappa shape index (κ1) is 20.6. The highest BCUT2D eigenvalue weighted by atomic mass is 16.1. The number of nitrogens with one attached hydrogen (secondary N) is 1. The van der Waals surface area contributed by atoms with Gasteiger partial charge in [-0.1, -0.05) is 36.4 Å². The molecule has 0 saturated heterocycles. The van der Waals surface area contributed by atoms with Gasteiger partial charge in [0.25, 0.3) is 5.56 Å². The van der Waals surface area contributed by atoms with Gasteiger partial charge in [0.05, 0.1) is 17.6 Å². The second-order valence-corrected chi connectivity index (χ2v) is 8.14. The van der Waals surface area contributed by atoms with Crippen molar-refractivity contribution in [2.45, 2.75) is 19.9 Å². The third kappa shape index (κ3) is 3.78. The van der Waals surface area contributed by atoms with Gasteiger partial charge in [0.1, 0.15) is 12.1 Å². The molecule has 3 heterocycles. The Bertz CT molecular complexity index is 1500. The zero-order chi connectivity index (χ0) is 22.9. The lowest BCUT2D eigenvalue weighted by molar-refractivity contribution is 0.768. The number of nitrogens with zero attached hydrogens (tertiary/aromatic N) is 5. The Morgan fingerprint density at radius 3 is 2.58 bits per heavy atom. The Labute approximate surface area is 191 Å². The fraction of sp³-hybridized carbons (Fsp3) is 0.154. The molecule has 0 aliphatic heterocycles. The smallest absolute Gasteiger partial charge is 0.263 e. The highest BCUT2D eigenvalue weighted by molar-refractivity contribution is 5.96. The maximum atomic E-state index is 14.1. The highest BCUT2D eigenvalue weighted by Gasteiger charge is 2.19. The largest absolute Gasteiger partial charge is 0.362 e. The molecule has 0 radical (unpaired) electrons. The number of aromatic nitrogens is 5. The van der Waals surface area contributed by atoms with Gasteiger partial charge in [-0.05, 0) is 43.0 Å². The molecule has 0 saturated carbocycles. The van der Waals surface area contributed by atoms with Crippen LogP contribution in [0, 0.1) is 6.92 Å². The van der Waals surface area contributed by atoms with E-state index in [2.05, 4.69) is 26.4 Å². The number of pyridine rings is 1. The summed E-state index contributed by atoms with van der Waals surface area (Å²) in [7, 11) is 1.87. The predicted octanol–water partition coefficient (Wildman–Crippen LogP) is 4.66. The lowest BCUT2D eigenvalue weighted by Gasteiger charge is -2.22. The maximum absolute atomic E-state index is 14.1. The van der Waals surface area contributed by atoms with Crippen molar-refractivity contribution in [1.82, 2.24) is 24.3 Å². The van der Waals surface area contributed by atoms with Crippen LogP contribution in [0.4, 0.5) is 5.82 Å². The van der Waals surface area contributed by atoms with E-state index in [1.54, 1.807) is 21.6 Å². The SMILES string of the molecule is Cc1cncnc1NC(C)c1cc2cccc(-c3cnn(C)c3)c2c(=O)n1-c1ccccc1. The van der Waals surface area contributed by atoms with Crippen LogP contribution >= 0.6 is 0 Å². The Kier molecular flexibility index (Phi) is 5.22. The summed E-state index contributed by atoms with van der Waals surface area (Å²) in [5, 5.41) is 9.31. The van der Waals surface area contributed by atoms with Crippen molar-refractivity contribution in [2.75, 3.05) is 5.32 Å². The molecular formula is C26H24N6O. The molecule has 7 heteroatoms. The predicted molar refractivity (Wildman–Crippen MR) is 131 cm³/mol. The van der Waals surface area contributed by atoms with Crippen LogP contribution in [-0.4, -0.2) is 24.3 Å². The number of benzene rings is 2. The first-order chi connectivity index (χ1) is 16.0. The number of fused-ring (bicyclic) bond motifs is 1. The normalized spacial score (nSPS) is 12.1. The molecule has 0 fully saturated rings. The van der Waals surface area contributed by atoms with Gasteiger partial charge in [-0.2, -0.15) is 5.10 Å². The van der Waals surface area contributed by atoms with Gasteiger partial charge in [-0.3, -0.25) is 14.0 Å². The number of rotatable bonds is 5. The van der Waals surface area contributed by atoms with Gasteiger partial charge < -0.3 is 5.32 Å². The number of para-hydroxylation sites is 1. The average Bonchev–Trinajstić information content (AvgIpc) is 3.26. The van der Waals surface area contributed by atoms with Gasteiger partial charge in [0.15, 0.2) is 0 Å². The van der Waals surface area contributed by atoms with Crippen molar-refractivity contribution in [2.24, 2.45) is 7.05 Å². The minimum absolute atomic E-state index is 0.0683. The van der Waals surface area contributed by atoms with Crippen LogP contribution in [0.1, 0.15) is 24.2 Å². The fourth-order valence-electron chi connectivity index (χ4n) is 4.17. The summed E-state index contributed by atoms with van der Waals surface area (Å²) in [6, 6.07) is 17.6. The number of hydrogen-bond donors (Lipinski definition) is 1. The molecule has 164 valence electrons. The molecule has 1 N–H and O–H groups in total. The molecule has 1 unspecified atom stereocenters. The minimum atomic E-state index is -0.182. The zero-order valence-electron chi connectivity index (χ0n) is 18.7. The zero-order valence-corrected chi connectivity index (χ0v) is 18.7. The maximum Gasteiger partial charge on any atom is 0.263 e.